The van der Waals surface area contributed by atoms with Crippen molar-refractivity contribution in [3.63, 3.8) is 0 Å². The molecular weight excluding hydrogens is 379 g/mol. The van der Waals surface area contributed by atoms with E-state index in [4.69, 9.17) is 0 Å². The Morgan fingerprint density at radius 3 is 3.04 bits per heavy atom. The van der Waals surface area contributed by atoms with E-state index in [2.05, 4.69) is 43.7 Å². The summed E-state index contributed by atoms with van der Waals surface area (Å²) < 4.78 is 14.4. The molecule has 0 spiro atoms. The maximum Gasteiger partial charge on any atom is 0.225 e. The minimum atomic E-state index is -0.426. The number of halogens is 2. The van der Waals surface area contributed by atoms with Crippen LogP contribution in [0, 0.1) is 5.82 Å². The number of amides is 1. The summed E-state index contributed by atoms with van der Waals surface area (Å²) in [5.41, 5.74) is 0.231. The standard InChI is InChI=1S/C17H18BrFN2OS/c18-12-5-6-14(13(19)11-12)20-17(22)7-9-21-8-1-3-15(21)16-4-2-10-23-16/h2,4-6,10-11,15H,1,3,7-9H2,(H,20,22). The Bertz CT molecular complexity index is 677. The number of thiophene rings is 1. The number of likely N-dealkylation sites (tertiary alicyclic amines) is 1. The zero-order valence-corrected chi connectivity index (χ0v) is 15.0. The molecule has 6 heteroatoms. The minimum Gasteiger partial charge on any atom is -0.324 e. The number of nitrogens with one attached hydrogen (secondary N) is 1. The molecule has 1 atom stereocenters. The zero-order chi connectivity index (χ0) is 16.2. The number of anilines is 1. The number of hydrogen-bond donors (Lipinski definition) is 1. The van der Waals surface area contributed by atoms with Gasteiger partial charge in [0.1, 0.15) is 5.82 Å². The van der Waals surface area contributed by atoms with Crippen LogP contribution in [0.2, 0.25) is 0 Å². The molecule has 1 unspecified atom stereocenters. The van der Waals surface area contributed by atoms with Crippen molar-refractivity contribution in [1.82, 2.24) is 4.90 Å². The molecule has 23 heavy (non-hydrogen) atoms. The van der Waals surface area contributed by atoms with Crippen molar-refractivity contribution in [1.29, 1.82) is 0 Å². The molecular formula is C17H18BrFN2OS. The summed E-state index contributed by atoms with van der Waals surface area (Å²) in [6.07, 6.45) is 2.67. The summed E-state index contributed by atoms with van der Waals surface area (Å²) in [6.45, 7) is 1.72. The monoisotopic (exact) mass is 396 g/mol. The van der Waals surface area contributed by atoms with E-state index in [0.29, 0.717) is 23.5 Å². The van der Waals surface area contributed by atoms with Crippen LogP contribution in [0.3, 0.4) is 0 Å². The summed E-state index contributed by atoms with van der Waals surface area (Å²) in [7, 11) is 0. The molecule has 1 aromatic carbocycles. The quantitative estimate of drug-likeness (QED) is 0.785. The first-order valence-electron chi connectivity index (χ1n) is 7.66. The van der Waals surface area contributed by atoms with E-state index in [1.165, 1.54) is 10.9 Å². The summed E-state index contributed by atoms with van der Waals surface area (Å²) >= 11 is 4.97. The maximum atomic E-state index is 13.7. The number of carbonyl (C=O) groups excluding carboxylic acids is 1. The van der Waals surface area contributed by atoms with Crippen LogP contribution >= 0.6 is 27.3 Å². The molecule has 0 radical (unpaired) electrons. The predicted octanol–water partition coefficient (Wildman–Crippen LogP) is 4.82. The molecule has 1 amide bonds. The largest absolute Gasteiger partial charge is 0.324 e. The first-order chi connectivity index (χ1) is 11.1. The van der Waals surface area contributed by atoms with Crippen LogP contribution < -0.4 is 5.32 Å². The highest BCUT2D eigenvalue weighted by atomic mass is 79.9. The van der Waals surface area contributed by atoms with Crippen molar-refractivity contribution < 1.29 is 9.18 Å². The smallest absolute Gasteiger partial charge is 0.225 e. The molecule has 2 heterocycles. The molecule has 3 nitrogen and oxygen atoms in total. The van der Waals surface area contributed by atoms with Crippen LogP contribution in [0.4, 0.5) is 10.1 Å². The highest BCUT2D eigenvalue weighted by Crippen LogP contribution is 2.34. The lowest BCUT2D eigenvalue weighted by Gasteiger charge is -2.23. The molecule has 0 saturated carbocycles. The van der Waals surface area contributed by atoms with Crippen molar-refractivity contribution in [3.05, 3.63) is 50.9 Å². The molecule has 2 aromatic rings. The van der Waals surface area contributed by atoms with Gasteiger partial charge in [0, 0.05) is 28.4 Å². The first kappa shape index (κ1) is 16.6. The first-order valence-corrected chi connectivity index (χ1v) is 9.33. The van der Waals surface area contributed by atoms with Crippen LogP contribution in [-0.2, 0) is 4.79 Å². The third-order valence-electron chi connectivity index (χ3n) is 4.07. The van der Waals surface area contributed by atoms with Gasteiger partial charge in [0.05, 0.1) is 5.69 Å². The molecule has 1 aliphatic heterocycles. The average molecular weight is 397 g/mol. The summed E-state index contributed by atoms with van der Waals surface area (Å²) in [4.78, 5) is 15.8. The summed E-state index contributed by atoms with van der Waals surface area (Å²) in [5.74, 6) is -0.576. The van der Waals surface area contributed by atoms with E-state index >= 15 is 0 Å². The van der Waals surface area contributed by atoms with Gasteiger partial charge in [0.25, 0.3) is 0 Å². The molecule has 1 fully saturated rings. The Kier molecular flexibility index (Phi) is 5.46. The van der Waals surface area contributed by atoms with Crippen molar-refractivity contribution >= 4 is 38.9 Å². The van der Waals surface area contributed by atoms with Gasteiger partial charge in [-0.15, -0.1) is 11.3 Å². The van der Waals surface area contributed by atoms with Gasteiger partial charge in [-0.05, 0) is 49.0 Å². The average Bonchev–Trinajstić information content (AvgIpc) is 3.18. The van der Waals surface area contributed by atoms with Crippen LogP contribution in [0.5, 0.6) is 0 Å². The fraction of sp³-hybridized carbons (Fsp3) is 0.353. The topological polar surface area (TPSA) is 32.3 Å². The lowest BCUT2D eigenvalue weighted by molar-refractivity contribution is -0.116. The SMILES string of the molecule is O=C(CCN1CCCC1c1cccs1)Nc1ccc(Br)cc1F. The number of hydrogen-bond acceptors (Lipinski definition) is 3. The second-order valence-corrected chi connectivity index (χ2v) is 7.53. The van der Waals surface area contributed by atoms with E-state index in [0.717, 1.165) is 19.4 Å². The number of carbonyl (C=O) groups is 1. The summed E-state index contributed by atoms with van der Waals surface area (Å²) in [6, 6.07) is 9.29. The van der Waals surface area contributed by atoms with Gasteiger partial charge in [0.2, 0.25) is 5.91 Å². The molecule has 1 aromatic heterocycles. The number of rotatable bonds is 5. The third kappa shape index (κ3) is 4.19. The Balaban J connectivity index is 1.54. The lowest BCUT2D eigenvalue weighted by atomic mass is 10.2. The highest BCUT2D eigenvalue weighted by molar-refractivity contribution is 9.10. The van der Waals surface area contributed by atoms with Crippen LogP contribution in [0.1, 0.15) is 30.2 Å². The second-order valence-electron chi connectivity index (χ2n) is 5.63. The highest BCUT2D eigenvalue weighted by Gasteiger charge is 2.26. The summed E-state index contributed by atoms with van der Waals surface area (Å²) in [5, 5.41) is 4.74. The Labute approximate surface area is 147 Å². The van der Waals surface area contributed by atoms with Gasteiger partial charge >= 0.3 is 0 Å². The van der Waals surface area contributed by atoms with E-state index < -0.39 is 5.82 Å². The Morgan fingerprint density at radius 1 is 1.43 bits per heavy atom. The van der Waals surface area contributed by atoms with Crippen molar-refractivity contribution in [2.75, 3.05) is 18.4 Å². The fourth-order valence-corrected chi connectivity index (χ4v) is 4.17. The predicted molar refractivity (Wildman–Crippen MR) is 95.2 cm³/mol. The molecule has 0 bridgehead atoms. The van der Waals surface area contributed by atoms with Gasteiger partial charge in [-0.25, -0.2) is 4.39 Å². The van der Waals surface area contributed by atoms with Gasteiger partial charge in [-0.3, -0.25) is 9.69 Å². The molecule has 1 N–H and O–H groups in total. The minimum absolute atomic E-state index is 0.150. The van der Waals surface area contributed by atoms with E-state index in [1.807, 2.05) is 0 Å². The maximum absolute atomic E-state index is 13.7. The molecule has 122 valence electrons. The van der Waals surface area contributed by atoms with Crippen molar-refractivity contribution in [3.8, 4) is 0 Å². The van der Waals surface area contributed by atoms with Gasteiger partial charge in [-0.2, -0.15) is 0 Å². The van der Waals surface area contributed by atoms with Crippen LogP contribution in [-0.4, -0.2) is 23.9 Å². The van der Waals surface area contributed by atoms with E-state index in [9.17, 15) is 9.18 Å². The molecule has 1 saturated heterocycles. The van der Waals surface area contributed by atoms with E-state index in [-0.39, 0.29) is 11.6 Å². The Hall–Kier alpha value is -1.24. The second kappa shape index (κ2) is 7.55. The van der Waals surface area contributed by atoms with Crippen molar-refractivity contribution in [2.45, 2.75) is 25.3 Å². The Morgan fingerprint density at radius 2 is 2.30 bits per heavy atom. The van der Waals surface area contributed by atoms with E-state index in [1.54, 1.807) is 23.5 Å². The number of nitrogens with zero attached hydrogens (tertiary/aromatic N) is 1. The molecule has 1 aliphatic rings. The number of benzene rings is 1. The third-order valence-corrected chi connectivity index (χ3v) is 5.53. The zero-order valence-electron chi connectivity index (χ0n) is 12.6. The van der Waals surface area contributed by atoms with Crippen LogP contribution in [0.25, 0.3) is 0 Å². The van der Waals surface area contributed by atoms with Gasteiger partial charge in [-0.1, -0.05) is 22.0 Å². The lowest BCUT2D eigenvalue weighted by Crippen LogP contribution is -2.27. The fourth-order valence-electron chi connectivity index (χ4n) is 2.95. The molecule has 3 rings (SSSR count). The normalized spacial score (nSPS) is 18.3. The van der Waals surface area contributed by atoms with Gasteiger partial charge in [0.15, 0.2) is 0 Å². The van der Waals surface area contributed by atoms with Crippen molar-refractivity contribution in [2.24, 2.45) is 0 Å². The molecule has 0 aliphatic carbocycles. The van der Waals surface area contributed by atoms with Gasteiger partial charge < -0.3 is 5.32 Å². The van der Waals surface area contributed by atoms with Crippen LogP contribution in [0.15, 0.2) is 40.2 Å².